The van der Waals surface area contributed by atoms with Gasteiger partial charge in [0.05, 0.1) is 5.92 Å². The first kappa shape index (κ1) is 15.7. The standard InChI is InChI=1S/C15H25N2O2/c1-12(2)11-16-7-5-6-8-17-13(18)9-15(3,4)10-14(17)19/h12H,5-10H2,1-4H3/q+1. The average molecular weight is 265 g/mol. The number of imide groups is 1. The summed E-state index contributed by atoms with van der Waals surface area (Å²) >= 11 is 0. The van der Waals surface area contributed by atoms with Crippen molar-refractivity contribution in [3.8, 4) is 6.07 Å². The van der Waals surface area contributed by atoms with Gasteiger partial charge in [0.2, 0.25) is 11.8 Å². The van der Waals surface area contributed by atoms with Crippen molar-refractivity contribution in [2.45, 2.75) is 53.4 Å². The summed E-state index contributed by atoms with van der Waals surface area (Å²) in [5.41, 5.74) is -0.179. The summed E-state index contributed by atoms with van der Waals surface area (Å²) in [6.45, 7) is 9.27. The van der Waals surface area contributed by atoms with Gasteiger partial charge in [0.15, 0.2) is 0 Å². The van der Waals surface area contributed by atoms with E-state index in [9.17, 15) is 9.59 Å². The molecule has 0 aromatic heterocycles. The van der Waals surface area contributed by atoms with Crippen molar-refractivity contribution in [3.05, 3.63) is 4.85 Å². The van der Waals surface area contributed by atoms with Crippen molar-refractivity contribution in [1.29, 1.82) is 0 Å². The lowest BCUT2D eigenvalue weighted by atomic mass is 9.82. The molecule has 0 atom stereocenters. The van der Waals surface area contributed by atoms with Crippen LogP contribution in [0.15, 0.2) is 0 Å². The van der Waals surface area contributed by atoms with E-state index in [0.717, 1.165) is 19.4 Å². The van der Waals surface area contributed by atoms with Crippen LogP contribution in [0, 0.1) is 17.4 Å². The van der Waals surface area contributed by atoms with Crippen molar-refractivity contribution in [2.24, 2.45) is 11.3 Å². The lowest BCUT2D eigenvalue weighted by molar-refractivity contribution is -0.152. The zero-order chi connectivity index (χ0) is 14.5. The lowest BCUT2D eigenvalue weighted by Crippen LogP contribution is -2.46. The maximum absolute atomic E-state index is 11.9. The van der Waals surface area contributed by atoms with Crippen LogP contribution in [0.4, 0.5) is 0 Å². The summed E-state index contributed by atoms with van der Waals surface area (Å²) in [6.07, 6.45) is 2.65. The molecule has 1 aliphatic rings. The number of piperidine rings is 1. The molecule has 1 saturated heterocycles. The second kappa shape index (κ2) is 6.70. The minimum atomic E-state index is -0.179. The molecule has 1 fully saturated rings. The van der Waals surface area contributed by atoms with Crippen LogP contribution in [0.1, 0.15) is 53.4 Å². The molecule has 0 N–H and O–H groups in total. The molecule has 0 bridgehead atoms. The van der Waals surface area contributed by atoms with Crippen molar-refractivity contribution in [1.82, 2.24) is 4.90 Å². The predicted octanol–water partition coefficient (Wildman–Crippen LogP) is 2.93. The number of amides is 2. The smallest absolute Gasteiger partial charge is 0.275 e. The molecule has 1 rings (SSSR count). The van der Waals surface area contributed by atoms with Crippen LogP contribution < -0.4 is 0 Å². The van der Waals surface area contributed by atoms with Gasteiger partial charge in [0.25, 0.3) is 12.6 Å². The number of rotatable bonds is 4. The first-order valence-electron chi connectivity index (χ1n) is 7.07. The Morgan fingerprint density at radius 2 is 1.79 bits per heavy atom. The summed E-state index contributed by atoms with van der Waals surface area (Å²) in [4.78, 5) is 29.4. The number of unbranched alkanes of at least 4 members (excludes halogenated alkanes) is 1. The predicted molar refractivity (Wildman–Crippen MR) is 75.9 cm³/mol. The van der Waals surface area contributed by atoms with E-state index in [0.29, 0.717) is 25.3 Å². The maximum Gasteiger partial charge on any atom is 0.275 e. The van der Waals surface area contributed by atoms with E-state index in [2.05, 4.69) is 10.9 Å². The number of carbonyl (C=O) groups excluding carboxylic acids is 2. The molecule has 0 aliphatic carbocycles. The van der Waals surface area contributed by atoms with E-state index < -0.39 is 0 Å². The normalized spacial score (nSPS) is 18.5. The zero-order valence-electron chi connectivity index (χ0n) is 12.5. The van der Waals surface area contributed by atoms with Crippen molar-refractivity contribution >= 4 is 11.8 Å². The zero-order valence-corrected chi connectivity index (χ0v) is 12.5. The third-order valence-corrected chi connectivity index (χ3v) is 3.11. The molecule has 4 nitrogen and oxygen atoms in total. The molecule has 106 valence electrons. The Kier molecular flexibility index (Phi) is 5.53. The van der Waals surface area contributed by atoms with Gasteiger partial charge < -0.3 is 0 Å². The first-order chi connectivity index (χ1) is 8.82. The number of nitrogens with zero attached hydrogens (tertiary/aromatic N) is 2. The molecule has 0 aromatic carbocycles. The quantitative estimate of drug-likeness (QED) is 0.579. The van der Waals surface area contributed by atoms with E-state index in [4.69, 9.17) is 0 Å². The van der Waals surface area contributed by atoms with E-state index in [1.807, 2.05) is 27.7 Å². The third kappa shape index (κ3) is 5.42. The SMILES string of the molecule is CC(C)C#[N+]CCCCN1C(=O)CC(C)(C)CC1=O. The second-order valence-corrected chi connectivity index (χ2v) is 6.33. The number of carbonyl (C=O) groups is 2. The fourth-order valence-corrected chi connectivity index (χ4v) is 2.17. The summed E-state index contributed by atoms with van der Waals surface area (Å²) in [7, 11) is 0. The number of likely N-dealkylation sites (tertiary alicyclic amines) is 1. The fourth-order valence-electron chi connectivity index (χ4n) is 2.17. The Morgan fingerprint density at radius 1 is 1.21 bits per heavy atom. The molecule has 2 amide bonds. The van der Waals surface area contributed by atoms with Crippen LogP contribution in [0.3, 0.4) is 0 Å². The monoisotopic (exact) mass is 265 g/mol. The Bertz CT molecular complexity index is 382. The largest absolute Gasteiger partial charge is 0.283 e. The molecule has 0 spiro atoms. The highest BCUT2D eigenvalue weighted by molar-refractivity contribution is 5.98. The van der Waals surface area contributed by atoms with Crippen molar-refractivity contribution in [2.75, 3.05) is 13.1 Å². The molecular formula is C15H25N2O2+. The Labute approximate surface area is 116 Å². The van der Waals surface area contributed by atoms with Gasteiger partial charge in [-0.25, -0.2) is 0 Å². The summed E-state index contributed by atoms with van der Waals surface area (Å²) in [5.74, 6) is 0.296. The van der Waals surface area contributed by atoms with Gasteiger partial charge in [0, 0.05) is 25.8 Å². The first-order valence-corrected chi connectivity index (χ1v) is 7.07. The molecular weight excluding hydrogens is 240 g/mol. The van der Waals surface area contributed by atoms with Crippen LogP contribution in [-0.2, 0) is 9.59 Å². The molecule has 1 heterocycles. The van der Waals surface area contributed by atoms with Gasteiger partial charge in [-0.1, -0.05) is 18.7 Å². The Morgan fingerprint density at radius 3 is 2.32 bits per heavy atom. The maximum atomic E-state index is 11.9. The van der Waals surface area contributed by atoms with E-state index in [1.54, 1.807) is 0 Å². The minimum absolute atomic E-state index is 0.0292. The fraction of sp³-hybridized carbons (Fsp3) is 0.800. The molecule has 0 unspecified atom stereocenters. The highest BCUT2D eigenvalue weighted by atomic mass is 16.2. The van der Waals surface area contributed by atoms with Gasteiger partial charge in [-0.15, -0.1) is 0 Å². The van der Waals surface area contributed by atoms with Crippen LogP contribution in [0.2, 0.25) is 0 Å². The van der Waals surface area contributed by atoms with Crippen LogP contribution in [-0.4, -0.2) is 29.8 Å². The van der Waals surface area contributed by atoms with Crippen LogP contribution in [0.5, 0.6) is 0 Å². The highest BCUT2D eigenvalue weighted by Crippen LogP contribution is 2.31. The van der Waals surface area contributed by atoms with Crippen LogP contribution >= 0.6 is 0 Å². The van der Waals surface area contributed by atoms with Gasteiger partial charge >= 0.3 is 0 Å². The van der Waals surface area contributed by atoms with Crippen molar-refractivity contribution < 1.29 is 9.59 Å². The summed E-state index contributed by atoms with van der Waals surface area (Å²) < 4.78 is 0. The van der Waals surface area contributed by atoms with Gasteiger partial charge in [-0.2, -0.15) is 0 Å². The van der Waals surface area contributed by atoms with Crippen molar-refractivity contribution in [3.63, 3.8) is 0 Å². The van der Waals surface area contributed by atoms with Gasteiger partial charge in [0.1, 0.15) is 0 Å². The average Bonchev–Trinajstić information content (AvgIpc) is 2.24. The molecule has 4 heteroatoms. The molecule has 19 heavy (non-hydrogen) atoms. The van der Waals surface area contributed by atoms with Gasteiger partial charge in [-0.05, 0) is 25.7 Å². The minimum Gasteiger partial charge on any atom is -0.283 e. The summed E-state index contributed by atoms with van der Waals surface area (Å²) in [5, 5.41) is 0. The molecule has 1 aliphatic heterocycles. The molecule has 0 aromatic rings. The lowest BCUT2D eigenvalue weighted by Gasteiger charge is -2.34. The Hall–Kier alpha value is -1.37. The van der Waals surface area contributed by atoms with E-state index in [1.165, 1.54) is 4.90 Å². The number of hydrogen-bond acceptors (Lipinski definition) is 2. The Balaban J connectivity index is 2.32. The van der Waals surface area contributed by atoms with Crippen LogP contribution in [0.25, 0.3) is 4.85 Å². The topological polar surface area (TPSA) is 41.7 Å². The molecule has 0 radical (unpaired) electrons. The second-order valence-electron chi connectivity index (χ2n) is 6.33. The molecule has 0 saturated carbocycles. The number of hydrogen-bond donors (Lipinski definition) is 0. The van der Waals surface area contributed by atoms with E-state index >= 15 is 0 Å². The third-order valence-electron chi connectivity index (χ3n) is 3.11. The van der Waals surface area contributed by atoms with E-state index in [-0.39, 0.29) is 17.2 Å². The highest BCUT2D eigenvalue weighted by Gasteiger charge is 2.36. The summed E-state index contributed by atoms with van der Waals surface area (Å²) in [6, 6.07) is 2.99. The van der Waals surface area contributed by atoms with Gasteiger partial charge in [-0.3, -0.25) is 14.5 Å².